The lowest BCUT2D eigenvalue weighted by Gasteiger charge is -2.24. The number of hydrogen-bond donors (Lipinski definition) is 1. The van der Waals surface area contributed by atoms with Crippen LogP contribution < -0.4 is 5.73 Å². The fourth-order valence-electron chi connectivity index (χ4n) is 3.67. The normalized spacial score (nSPS) is 13.1. The molecule has 0 saturated carbocycles. The highest BCUT2D eigenvalue weighted by molar-refractivity contribution is 7.54. The van der Waals surface area contributed by atoms with Crippen LogP contribution in [0.4, 0.5) is 0 Å². The lowest BCUT2D eigenvalue weighted by molar-refractivity contribution is 0.189. The van der Waals surface area contributed by atoms with Gasteiger partial charge < -0.3 is 14.8 Å². The minimum atomic E-state index is -3.21. The zero-order chi connectivity index (χ0) is 22.3. The molecule has 0 aromatic heterocycles. The molecule has 0 aliphatic rings. The van der Waals surface area contributed by atoms with Crippen LogP contribution in [0.5, 0.6) is 0 Å². The zero-order valence-corrected chi connectivity index (χ0v) is 21.6. The van der Waals surface area contributed by atoms with Crippen LogP contribution in [0.15, 0.2) is 0 Å². The van der Waals surface area contributed by atoms with Crippen molar-refractivity contribution in [1.29, 1.82) is 0 Å². The average Bonchev–Trinajstić information content (AvgIpc) is 2.74. The summed E-state index contributed by atoms with van der Waals surface area (Å²) in [4.78, 5) is 0. The van der Waals surface area contributed by atoms with Crippen molar-refractivity contribution in [2.24, 2.45) is 5.73 Å². The maximum absolute atomic E-state index is 13.3. The summed E-state index contributed by atoms with van der Waals surface area (Å²) in [5.74, 6) is -0.483. The third-order valence-corrected chi connectivity index (χ3v) is 7.95. The van der Waals surface area contributed by atoms with Gasteiger partial charge in [-0.3, -0.25) is 4.57 Å². The highest BCUT2D eigenvalue weighted by Gasteiger charge is 2.32. The number of nitrogens with two attached hydrogens (primary N) is 1. The second kappa shape index (κ2) is 22.3. The predicted octanol–water partition coefficient (Wildman–Crippen LogP) is 8.97. The molecule has 0 aliphatic heterocycles. The molecule has 0 heterocycles. The van der Waals surface area contributed by atoms with E-state index in [9.17, 15) is 4.57 Å². The van der Waals surface area contributed by atoms with E-state index in [0.29, 0.717) is 13.2 Å². The lowest BCUT2D eigenvalue weighted by Crippen LogP contribution is -2.23. The van der Waals surface area contributed by atoms with Gasteiger partial charge in [0.1, 0.15) is 5.78 Å². The van der Waals surface area contributed by atoms with E-state index in [1.807, 2.05) is 0 Å². The number of unbranched alkanes of at least 4 members (excludes halogenated alkanes) is 15. The summed E-state index contributed by atoms with van der Waals surface area (Å²) in [6, 6.07) is 0. The third kappa shape index (κ3) is 17.8. The molecule has 5 heteroatoms. The molecule has 182 valence electrons. The van der Waals surface area contributed by atoms with E-state index >= 15 is 0 Å². The van der Waals surface area contributed by atoms with Gasteiger partial charge in [0.05, 0.1) is 13.2 Å². The molecule has 0 spiro atoms. The maximum atomic E-state index is 13.3. The van der Waals surface area contributed by atoms with Gasteiger partial charge in [0.2, 0.25) is 0 Å². The second-order valence-electron chi connectivity index (χ2n) is 8.87. The smallest absolute Gasteiger partial charge is 0.318 e. The van der Waals surface area contributed by atoms with Crippen LogP contribution in [-0.2, 0) is 13.6 Å². The van der Waals surface area contributed by atoms with E-state index in [1.54, 1.807) is 0 Å². The Kier molecular flexibility index (Phi) is 22.4. The summed E-state index contributed by atoms with van der Waals surface area (Å²) in [5, 5.41) is 0. The molecule has 0 aliphatic carbocycles. The van der Waals surface area contributed by atoms with E-state index in [0.717, 1.165) is 44.9 Å². The van der Waals surface area contributed by atoms with Crippen LogP contribution in [-0.4, -0.2) is 19.0 Å². The Morgan fingerprint density at radius 3 is 1.30 bits per heavy atom. The van der Waals surface area contributed by atoms with E-state index < -0.39 is 13.4 Å². The number of rotatable bonds is 24. The van der Waals surface area contributed by atoms with Crippen LogP contribution in [0, 0.1) is 0 Å². The Bertz CT molecular complexity index is 375. The Balaban J connectivity index is 4.11. The van der Waals surface area contributed by atoms with E-state index in [-0.39, 0.29) is 0 Å². The van der Waals surface area contributed by atoms with Crippen molar-refractivity contribution >= 4 is 7.60 Å². The van der Waals surface area contributed by atoms with Crippen molar-refractivity contribution in [2.45, 2.75) is 149 Å². The third-order valence-electron chi connectivity index (χ3n) is 5.80. The summed E-state index contributed by atoms with van der Waals surface area (Å²) in [5.41, 5.74) is 6.33. The van der Waals surface area contributed by atoms with Crippen LogP contribution >= 0.6 is 7.60 Å². The summed E-state index contributed by atoms with van der Waals surface area (Å²) < 4.78 is 24.9. The minimum Gasteiger partial charge on any atom is -0.318 e. The van der Waals surface area contributed by atoms with Crippen molar-refractivity contribution in [3.63, 3.8) is 0 Å². The second-order valence-corrected chi connectivity index (χ2v) is 11.1. The van der Waals surface area contributed by atoms with Gasteiger partial charge in [0, 0.05) is 0 Å². The van der Waals surface area contributed by atoms with Crippen molar-refractivity contribution in [2.75, 3.05) is 13.2 Å². The number of hydrogen-bond acceptors (Lipinski definition) is 4. The molecule has 0 aromatic rings. The van der Waals surface area contributed by atoms with Gasteiger partial charge in [0.15, 0.2) is 0 Å². The first-order chi connectivity index (χ1) is 14.6. The summed E-state index contributed by atoms with van der Waals surface area (Å²) in [6.07, 6.45) is 22.5. The summed E-state index contributed by atoms with van der Waals surface area (Å²) in [7, 11) is -3.21. The van der Waals surface area contributed by atoms with Gasteiger partial charge >= 0.3 is 7.60 Å². The van der Waals surface area contributed by atoms with Crippen molar-refractivity contribution in [1.82, 2.24) is 0 Å². The average molecular weight is 448 g/mol. The Labute approximate surface area is 189 Å². The molecule has 4 nitrogen and oxygen atoms in total. The van der Waals surface area contributed by atoms with Crippen LogP contribution in [0.25, 0.3) is 0 Å². The predicted molar refractivity (Wildman–Crippen MR) is 132 cm³/mol. The van der Waals surface area contributed by atoms with Crippen LogP contribution in [0.3, 0.4) is 0 Å². The highest BCUT2D eigenvalue weighted by atomic mass is 31.2. The molecule has 0 saturated heterocycles. The van der Waals surface area contributed by atoms with E-state index in [4.69, 9.17) is 14.8 Å². The summed E-state index contributed by atoms with van der Waals surface area (Å²) in [6.45, 7) is 7.63. The first kappa shape index (κ1) is 30.1. The van der Waals surface area contributed by atoms with Gasteiger partial charge in [-0.25, -0.2) is 0 Å². The fraction of sp³-hybridized carbons (Fsp3) is 1.00. The van der Waals surface area contributed by atoms with Gasteiger partial charge in [-0.05, 0) is 19.3 Å². The zero-order valence-electron chi connectivity index (χ0n) is 20.7. The molecule has 0 rings (SSSR count). The van der Waals surface area contributed by atoms with Crippen molar-refractivity contribution < 1.29 is 13.6 Å². The maximum Gasteiger partial charge on any atom is 0.347 e. The highest BCUT2D eigenvalue weighted by Crippen LogP contribution is 2.53. The molecular formula is C25H54NO3P. The molecule has 0 radical (unpaired) electrons. The summed E-state index contributed by atoms with van der Waals surface area (Å²) >= 11 is 0. The monoisotopic (exact) mass is 447 g/mol. The van der Waals surface area contributed by atoms with Crippen molar-refractivity contribution in [3.8, 4) is 0 Å². The molecule has 0 bridgehead atoms. The van der Waals surface area contributed by atoms with Gasteiger partial charge in [0.25, 0.3) is 0 Å². The Morgan fingerprint density at radius 2 is 0.900 bits per heavy atom. The quantitative estimate of drug-likeness (QED) is 0.118. The first-order valence-corrected chi connectivity index (χ1v) is 14.9. The van der Waals surface area contributed by atoms with Crippen LogP contribution in [0.1, 0.15) is 143 Å². The standard InChI is InChI=1S/C25H54NO3P/c1-4-7-10-13-14-15-16-17-18-19-22-25(26)30(27,28-23-20-11-8-5-2)29-24-21-12-9-6-3/h25H,4-24,26H2,1-3H3. The molecule has 0 aromatic carbocycles. The van der Waals surface area contributed by atoms with Crippen molar-refractivity contribution in [3.05, 3.63) is 0 Å². The lowest BCUT2D eigenvalue weighted by atomic mass is 10.1. The molecule has 1 unspecified atom stereocenters. The molecule has 0 fully saturated rings. The minimum absolute atomic E-state index is 0.483. The molecule has 2 N–H and O–H groups in total. The van der Waals surface area contributed by atoms with E-state index in [2.05, 4.69) is 20.8 Å². The SMILES string of the molecule is CCCCCCCCCCCCC(N)P(=O)(OCCCCCC)OCCCCCC. The fourth-order valence-corrected chi connectivity index (χ4v) is 5.39. The van der Waals surface area contributed by atoms with E-state index in [1.165, 1.54) is 77.0 Å². The molecular weight excluding hydrogens is 393 g/mol. The largest absolute Gasteiger partial charge is 0.347 e. The van der Waals surface area contributed by atoms with Gasteiger partial charge in [-0.15, -0.1) is 0 Å². The topological polar surface area (TPSA) is 61.6 Å². The van der Waals surface area contributed by atoms with Gasteiger partial charge in [-0.2, -0.15) is 0 Å². The molecule has 0 amide bonds. The first-order valence-electron chi connectivity index (χ1n) is 13.2. The molecule has 1 atom stereocenters. The molecule has 30 heavy (non-hydrogen) atoms. The Morgan fingerprint density at radius 1 is 0.567 bits per heavy atom. The van der Waals surface area contributed by atoms with Gasteiger partial charge in [-0.1, -0.05) is 124 Å². The van der Waals surface area contributed by atoms with Crippen LogP contribution in [0.2, 0.25) is 0 Å². The Hall–Kier alpha value is 0.110.